The van der Waals surface area contributed by atoms with Gasteiger partial charge in [-0.25, -0.2) is 14.4 Å². The van der Waals surface area contributed by atoms with Crippen LogP contribution >= 0.6 is 0 Å². The Balaban J connectivity index is 1.25. The number of aromatic nitrogens is 4. The smallest absolute Gasteiger partial charge is 0.317 e. The fourth-order valence-electron chi connectivity index (χ4n) is 4.82. The molecule has 2 fully saturated rings. The van der Waals surface area contributed by atoms with Crippen LogP contribution in [-0.4, -0.2) is 70.3 Å². The van der Waals surface area contributed by atoms with Gasteiger partial charge in [-0.15, -0.1) is 0 Å². The number of imidazole rings is 1. The lowest BCUT2D eigenvalue weighted by Crippen LogP contribution is -2.53. The van der Waals surface area contributed by atoms with Gasteiger partial charge < -0.3 is 28.8 Å². The molecule has 0 atom stereocenters. The van der Waals surface area contributed by atoms with Gasteiger partial charge in [0.05, 0.1) is 48.9 Å². The standard InChI is InChI=1S/C30H30FN5O5/c1-30(28(37)36-13-15-38-16-14-36)18-40-27(41-19-30)26-34-24(21-7-9-22(31)10-8-21)25(35-26)23-11-12-32-29(33-23)39-17-20-5-3-2-4-6-20/h2-12,27H,13-19H2,1H3,(H,34,35). The third-order valence-electron chi connectivity index (χ3n) is 7.08. The lowest BCUT2D eigenvalue weighted by molar-refractivity contribution is -0.235. The average Bonchev–Trinajstić information content (AvgIpc) is 3.47. The highest BCUT2D eigenvalue weighted by Crippen LogP contribution is 2.36. The number of nitrogens with zero attached hydrogens (tertiary/aromatic N) is 4. The molecule has 0 saturated carbocycles. The van der Waals surface area contributed by atoms with Crippen LogP contribution in [-0.2, 0) is 25.6 Å². The number of amides is 1. The Morgan fingerprint density at radius 1 is 1.05 bits per heavy atom. The van der Waals surface area contributed by atoms with Gasteiger partial charge in [0.25, 0.3) is 0 Å². The number of carbonyl (C=O) groups excluding carboxylic acids is 1. The van der Waals surface area contributed by atoms with Crippen LogP contribution in [0.15, 0.2) is 66.9 Å². The maximum Gasteiger partial charge on any atom is 0.317 e. The molecule has 0 radical (unpaired) electrons. The minimum Gasteiger partial charge on any atom is -0.459 e. The fraction of sp³-hybridized carbons (Fsp3) is 0.333. The first-order valence-electron chi connectivity index (χ1n) is 13.4. The minimum atomic E-state index is -0.829. The molecule has 2 aliphatic rings. The van der Waals surface area contributed by atoms with Crippen molar-refractivity contribution in [2.45, 2.75) is 19.8 Å². The first-order valence-corrected chi connectivity index (χ1v) is 13.4. The zero-order chi connectivity index (χ0) is 28.2. The normalized spacial score (nSPS) is 21.0. The molecule has 2 saturated heterocycles. The van der Waals surface area contributed by atoms with E-state index in [2.05, 4.69) is 15.0 Å². The summed E-state index contributed by atoms with van der Waals surface area (Å²) in [7, 11) is 0. The Hall–Kier alpha value is -4.19. The lowest BCUT2D eigenvalue weighted by atomic mass is 9.90. The molecule has 2 aromatic heterocycles. The van der Waals surface area contributed by atoms with E-state index in [0.717, 1.165) is 5.56 Å². The highest BCUT2D eigenvalue weighted by Gasteiger charge is 2.43. The van der Waals surface area contributed by atoms with Crippen LogP contribution in [0.5, 0.6) is 6.01 Å². The largest absolute Gasteiger partial charge is 0.459 e. The Labute approximate surface area is 236 Å². The number of halogens is 1. The number of H-pyrrole nitrogens is 1. The van der Waals surface area contributed by atoms with Crippen molar-refractivity contribution in [1.82, 2.24) is 24.8 Å². The van der Waals surface area contributed by atoms with Gasteiger partial charge in [-0.1, -0.05) is 30.3 Å². The van der Waals surface area contributed by atoms with Crippen molar-refractivity contribution in [1.29, 1.82) is 0 Å². The lowest BCUT2D eigenvalue weighted by Gasteiger charge is -2.39. The molecule has 0 bridgehead atoms. The second-order valence-electron chi connectivity index (χ2n) is 10.3. The van der Waals surface area contributed by atoms with E-state index >= 15 is 0 Å². The maximum absolute atomic E-state index is 13.7. The predicted octanol–water partition coefficient (Wildman–Crippen LogP) is 4.16. The number of aromatic amines is 1. The number of hydrogen-bond donors (Lipinski definition) is 1. The van der Waals surface area contributed by atoms with E-state index in [1.54, 1.807) is 29.3 Å². The summed E-state index contributed by atoms with van der Waals surface area (Å²) in [5.74, 6) is 0.0360. The number of hydrogen-bond acceptors (Lipinski definition) is 8. The summed E-state index contributed by atoms with van der Waals surface area (Å²) in [6, 6.07) is 17.7. The molecule has 6 rings (SSSR count). The fourth-order valence-corrected chi connectivity index (χ4v) is 4.82. The SMILES string of the molecule is CC1(C(=O)N2CCOCC2)COC(c2nc(-c3ccc(F)cc3)c(-c3ccnc(OCc4ccccc4)n3)[nH]2)OC1. The number of ether oxygens (including phenoxy) is 4. The van der Waals surface area contributed by atoms with Crippen molar-refractivity contribution in [3.05, 3.63) is 84.1 Å². The molecule has 11 heteroatoms. The van der Waals surface area contributed by atoms with Crippen molar-refractivity contribution < 1.29 is 28.1 Å². The Morgan fingerprint density at radius 3 is 2.51 bits per heavy atom. The Kier molecular flexibility index (Phi) is 7.73. The minimum absolute atomic E-state index is 0.0181. The summed E-state index contributed by atoms with van der Waals surface area (Å²) in [6.45, 7) is 4.64. The second kappa shape index (κ2) is 11.7. The molecule has 0 spiro atoms. The van der Waals surface area contributed by atoms with Crippen molar-refractivity contribution in [3.63, 3.8) is 0 Å². The van der Waals surface area contributed by atoms with Crippen LogP contribution in [0.1, 0.15) is 24.6 Å². The zero-order valence-corrected chi connectivity index (χ0v) is 22.6. The molecule has 41 heavy (non-hydrogen) atoms. The van der Waals surface area contributed by atoms with Crippen molar-refractivity contribution >= 4 is 5.91 Å². The number of carbonyl (C=O) groups is 1. The van der Waals surface area contributed by atoms with Crippen LogP contribution in [0.4, 0.5) is 4.39 Å². The van der Waals surface area contributed by atoms with Crippen LogP contribution in [0.3, 0.4) is 0 Å². The van der Waals surface area contributed by atoms with Crippen molar-refractivity contribution in [2.24, 2.45) is 5.41 Å². The third-order valence-corrected chi connectivity index (χ3v) is 7.08. The molecule has 4 aromatic rings. The van der Waals surface area contributed by atoms with Crippen molar-refractivity contribution in [2.75, 3.05) is 39.5 Å². The number of rotatable bonds is 7. The first-order chi connectivity index (χ1) is 20.0. The van der Waals surface area contributed by atoms with Crippen LogP contribution < -0.4 is 4.74 Å². The summed E-state index contributed by atoms with van der Waals surface area (Å²) in [5, 5.41) is 0. The van der Waals surface area contributed by atoms with Gasteiger partial charge >= 0.3 is 6.01 Å². The predicted molar refractivity (Wildman–Crippen MR) is 146 cm³/mol. The van der Waals surface area contributed by atoms with Gasteiger partial charge in [-0.05, 0) is 42.8 Å². The molecule has 1 N–H and O–H groups in total. The van der Waals surface area contributed by atoms with E-state index < -0.39 is 11.7 Å². The highest BCUT2D eigenvalue weighted by atomic mass is 19.1. The zero-order valence-electron chi connectivity index (χ0n) is 22.6. The third kappa shape index (κ3) is 5.97. The highest BCUT2D eigenvalue weighted by molar-refractivity contribution is 5.83. The van der Waals surface area contributed by atoms with Gasteiger partial charge in [0.15, 0.2) is 5.82 Å². The summed E-state index contributed by atoms with van der Waals surface area (Å²) in [5.41, 5.74) is 2.49. The van der Waals surface area contributed by atoms with E-state index in [-0.39, 0.29) is 30.9 Å². The molecule has 1 amide bonds. The van der Waals surface area contributed by atoms with Crippen molar-refractivity contribution in [3.8, 4) is 28.7 Å². The molecular weight excluding hydrogens is 529 g/mol. The topological polar surface area (TPSA) is 112 Å². The number of benzene rings is 2. The molecule has 0 unspecified atom stereocenters. The molecular formula is C30H30FN5O5. The number of morpholine rings is 1. The van der Waals surface area contributed by atoms with E-state index in [4.69, 9.17) is 23.9 Å². The van der Waals surface area contributed by atoms with E-state index in [0.29, 0.717) is 61.4 Å². The Morgan fingerprint density at radius 2 is 1.78 bits per heavy atom. The molecule has 10 nitrogen and oxygen atoms in total. The molecule has 4 heterocycles. The summed E-state index contributed by atoms with van der Waals surface area (Å²) >= 11 is 0. The number of nitrogens with one attached hydrogen (secondary N) is 1. The van der Waals surface area contributed by atoms with Crippen LogP contribution in [0, 0.1) is 11.2 Å². The van der Waals surface area contributed by atoms with Gasteiger partial charge in [-0.3, -0.25) is 4.79 Å². The average molecular weight is 560 g/mol. The molecule has 2 aromatic carbocycles. The first kappa shape index (κ1) is 27.0. The van der Waals surface area contributed by atoms with Crippen LogP contribution in [0.25, 0.3) is 22.6 Å². The van der Waals surface area contributed by atoms with Gasteiger partial charge in [0, 0.05) is 24.8 Å². The molecule has 212 valence electrons. The van der Waals surface area contributed by atoms with E-state index in [9.17, 15) is 9.18 Å². The summed E-state index contributed by atoms with van der Waals surface area (Å²) in [4.78, 5) is 31.9. The van der Waals surface area contributed by atoms with Crippen LogP contribution in [0.2, 0.25) is 0 Å². The second-order valence-corrected chi connectivity index (χ2v) is 10.3. The quantitative estimate of drug-likeness (QED) is 0.359. The van der Waals surface area contributed by atoms with Gasteiger partial charge in [0.2, 0.25) is 12.2 Å². The maximum atomic E-state index is 13.7. The Bertz CT molecular complexity index is 1480. The van der Waals surface area contributed by atoms with Gasteiger partial charge in [-0.2, -0.15) is 4.98 Å². The summed E-state index contributed by atoms with van der Waals surface area (Å²) < 4.78 is 37.0. The van der Waals surface area contributed by atoms with Gasteiger partial charge in [0.1, 0.15) is 12.4 Å². The summed E-state index contributed by atoms with van der Waals surface area (Å²) in [6.07, 6.45) is 0.776. The van der Waals surface area contributed by atoms with E-state index in [1.807, 2.05) is 37.3 Å². The van der Waals surface area contributed by atoms with E-state index in [1.165, 1.54) is 12.1 Å². The monoisotopic (exact) mass is 559 g/mol. The molecule has 0 aliphatic carbocycles. The molecule has 2 aliphatic heterocycles.